The van der Waals surface area contributed by atoms with E-state index in [1.165, 1.54) is 0 Å². The second kappa shape index (κ2) is 7.78. The quantitative estimate of drug-likeness (QED) is 0.371. The molecule has 2 N–H and O–H groups in total. The summed E-state index contributed by atoms with van der Waals surface area (Å²) in [6.07, 6.45) is 1.73. The van der Waals surface area contributed by atoms with Gasteiger partial charge < -0.3 is 10.2 Å². The van der Waals surface area contributed by atoms with Crippen molar-refractivity contribution < 1.29 is 15.0 Å². The number of aliphatic hydroxyl groups excluding tert-OH is 2. The van der Waals surface area contributed by atoms with E-state index in [2.05, 4.69) is 18.8 Å². The molecule has 3 heteroatoms. The third kappa shape index (κ3) is 7.51. The minimum absolute atomic E-state index is 0.0738. The molecular formula is C10H16O3. The van der Waals surface area contributed by atoms with E-state index in [9.17, 15) is 4.79 Å². The normalized spacial score (nSPS) is 11.6. The SMILES string of the molecule is CCCCC#CC(=O)C[C@H](O)CO. The van der Waals surface area contributed by atoms with E-state index in [1.807, 2.05) is 0 Å². The van der Waals surface area contributed by atoms with Crippen LogP contribution in [0.4, 0.5) is 0 Å². The third-order valence-electron chi connectivity index (χ3n) is 1.51. The van der Waals surface area contributed by atoms with Gasteiger partial charge in [0, 0.05) is 12.8 Å². The van der Waals surface area contributed by atoms with Gasteiger partial charge in [-0.15, -0.1) is 0 Å². The molecule has 3 nitrogen and oxygen atoms in total. The predicted molar refractivity (Wildman–Crippen MR) is 50.0 cm³/mol. The fourth-order valence-corrected chi connectivity index (χ4v) is 0.756. The molecule has 0 aromatic carbocycles. The fraction of sp³-hybridized carbons (Fsp3) is 0.700. The molecule has 0 unspecified atom stereocenters. The van der Waals surface area contributed by atoms with Crippen molar-refractivity contribution in [3.63, 3.8) is 0 Å². The van der Waals surface area contributed by atoms with Gasteiger partial charge in [-0.1, -0.05) is 19.3 Å². The third-order valence-corrected chi connectivity index (χ3v) is 1.51. The van der Waals surface area contributed by atoms with Crippen LogP contribution in [0.1, 0.15) is 32.6 Å². The number of Topliss-reactive ketones (excluding diaryl/α,β-unsaturated/α-hetero) is 1. The number of aliphatic hydroxyl groups is 2. The molecule has 0 radical (unpaired) electrons. The van der Waals surface area contributed by atoms with E-state index in [0.717, 1.165) is 19.3 Å². The highest BCUT2D eigenvalue weighted by atomic mass is 16.3. The molecule has 0 aromatic rings. The van der Waals surface area contributed by atoms with Gasteiger partial charge in [0.05, 0.1) is 12.7 Å². The maximum atomic E-state index is 10.9. The van der Waals surface area contributed by atoms with E-state index in [4.69, 9.17) is 10.2 Å². The first kappa shape index (κ1) is 12.2. The molecule has 13 heavy (non-hydrogen) atoms. The monoisotopic (exact) mass is 184 g/mol. The lowest BCUT2D eigenvalue weighted by Gasteiger charge is -2.00. The van der Waals surface area contributed by atoms with Gasteiger partial charge in [-0.25, -0.2) is 0 Å². The van der Waals surface area contributed by atoms with E-state index in [0.29, 0.717) is 0 Å². The number of ketones is 1. The first-order valence-electron chi connectivity index (χ1n) is 4.51. The van der Waals surface area contributed by atoms with Crippen molar-refractivity contribution >= 4 is 5.78 Å². The lowest BCUT2D eigenvalue weighted by Crippen LogP contribution is -2.16. The van der Waals surface area contributed by atoms with Crippen LogP contribution >= 0.6 is 0 Å². The minimum Gasteiger partial charge on any atom is -0.394 e. The van der Waals surface area contributed by atoms with Crippen molar-refractivity contribution in [1.82, 2.24) is 0 Å². The van der Waals surface area contributed by atoms with Gasteiger partial charge in [-0.05, 0) is 12.3 Å². The molecule has 0 bridgehead atoms. The van der Waals surface area contributed by atoms with Gasteiger partial charge >= 0.3 is 0 Å². The Balaban J connectivity index is 3.64. The zero-order valence-electron chi connectivity index (χ0n) is 7.92. The van der Waals surface area contributed by atoms with Crippen LogP contribution in [-0.4, -0.2) is 28.7 Å². The van der Waals surface area contributed by atoms with Crippen LogP contribution in [0.15, 0.2) is 0 Å². The van der Waals surface area contributed by atoms with Gasteiger partial charge in [0.1, 0.15) is 0 Å². The van der Waals surface area contributed by atoms with Crippen molar-refractivity contribution in [1.29, 1.82) is 0 Å². The molecule has 0 fully saturated rings. The topological polar surface area (TPSA) is 57.5 Å². The van der Waals surface area contributed by atoms with Crippen LogP contribution in [-0.2, 0) is 4.79 Å². The highest BCUT2D eigenvalue weighted by molar-refractivity contribution is 5.95. The fourth-order valence-electron chi connectivity index (χ4n) is 0.756. The van der Waals surface area contributed by atoms with Crippen molar-refractivity contribution in [3.8, 4) is 11.8 Å². The first-order valence-corrected chi connectivity index (χ1v) is 4.51. The van der Waals surface area contributed by atoms with Crippen LogP contribution in [0, 0.1) is 11.8 Å². The van der Waals surface area contributed by atoms with Gasteiger partial charge in [0.25, 0.3) is 0 Å². The summed E-state index contributed by atoms with van der Waals surface area (Å²) in [4.78, 5) is 10.9. The summed E-state index contributed by atoms with van der Waals surface area (Å²) in [7, 11) is 0. The summed E-state index contributed by atoms with van der Waals surface area (Å²) in [6.45, 7) is 1.67. The summed E-state index contributed by atoms with van der Waals surface area (Å²) < 4.78 is 0. The number of unbranched alkanes of at least 4 members (excludes halogenated alkanes) is 2. The second-order valence-electron chi connectivity index (χ2n) is 2.87. The number of carbonyl (C=O) groups excluding carboxylic acids is 1. The average molecular weight is 184 g/mol. The molecule has 0 saturated carbocycles. The van der Waals surface area contributed by atoms with Crippen LogP contribution < -0.4 is 0 Å². The molecule has 0 aliphatic heterocycles. The lowest BCUT2D eigenvalue weighted by molar-refractivity contribution is -0.116. The first-order chi connectivity index (χ1) is 6.20. The van der Waals surface area contributed by atoms with E-state index < -0.39 is 6.10 Å². The van der Waals surface area contributed by atoms with Crippen LogP contribution in [0.3, 0.4) is 0 Å². The van der Waals surface area contributed by atoms with Crippen molar-refractivity contribution in [2.24, 2.45) is 0 Å². The Kier molecular flexibility index (Phi) is 7.27. The molecule has 0 amide bonds. The Bertz CT molecular complexity index is 200. The lowest BCUT2D eigenvalue weighted by atomic mass is 10.2. The summed E-state index contributed by atoms with van der Waals surface area (Å²) in [6, 6.07) is 0. The molecule has 0 rings (SSSR count). The second-order valence-corrected chi connectivity index (χ2v) is 2.87. The molecule has 0 aliphatic rings. The highest BCUT2D eigenvalue weighted by Crippen LogP contribution is 1.93. The van der Waals surface area contributed by atoms with E-state index >= 15 is 0 Å². The Labute approximate surface area is 78.8 Å². The number of carbonyl (C=O) groups is 1. The van der Waals surface area contributed by atoms with Crippen molar-refractivity contribution in [2.45, 2.75) is 38.7 Å². The molecule has 0 aromatic heterocycles. The smallest absolute Gasteiger partial charge is 0.208 e. The Morgan fingerprint density at radius 2 is 2.23 bits per heavy atom. The van der Waals surface area contributed by atoms with Crippen LogP contribution in [0.25, 0.3) is 0 Å². The van der Waals surface area contributed by atoms with Gasteiger partial charge in [-0.3, -0.25) is 4.79 Å². The van der Waals surface area contributed by atoms with Gasteiger partial charge in [0.15, 0.2) is 0 Å². The Morgan fingerprint density at radius 3 is 2.77 bits per heavy atom. The van der Waals surface area contributed by atoms with Crippen molar-refractivity contribution in [2.75, 3.05) is 6.61 Å². The molecular weight excluding hydrogens is 168 g/mol. The highest BCUT2D eigenvalue weighted by Gasteiger charge is 2.06. The Hall–Kier alpha value is -0.850. The molecule has 0 aliphatic carbocycles. The van der Waals surface area contributed by atoms with E-state index in [-0.39, 0.29) is 18.8 Å². The zero-order valence-corrected chi connectivity index (χ0v) is 7.92. The predicted octanol–water partition coefficient (Wildman–Crippen LogP) is 0.492. The van der Waals surface area contributed by atoms with Crippen molar-refractivity contribution in [3.05, 3.63) is 0 Å². The van der Waals surface area contributed by atoms with Crippen LogP contribution in [0.2, 0.25) is 0 Å². The van der Waals surface area contributed by atoms with Gasteiger partial charge in [-0.2, -0.15) is 0 Å². The van der Waals surface area contributed by atoms with E-state index in [1.54, 1.807) is 0 Å². The summed E-state index contributed by atoms with van der Waals surface area (Å²) in [5.41, 5.74) is 0. The number of hydrogen-bond acceptors (Lipinski definition) is 3. The maximum absolute atomic E-state index is 10.9. The molecule has 0 saturated heterocycles. The molecule has 74 valence electrons. The largest absolute Gasteiger partial charge is 0.394 e. The minimum atomic E-state index is -0.965. The molecule has 0 heterocycles. The maximum Gasteiger partial charge on any atom is 0.208 e. The average Bonchev–Trinajstić information content (AvgIpc) is 2.12. The Morgan fingerprint density at radius 1 is 1.54 bits per heavy atom. The summed E-state index contributed by atoms with van der Waals surface area (Å²) in [5, 5.41) is 17.3. The number of rotatable bonds is 5. The number of hydrogen-bond donors (Lipinski definition) is 2. The summed E-state index contributed by atoms with van der Waals surface area (Å²) in [5.74, 6) is 4.84. The zero-order chi connectivity index (χ0) is 10.1. The summed E-state index contributed by atoms with van der Waals surface area (Å²) >= 11 is 0. The van der Waals surface area contributed by atoms with Crippen LogP contribution in [0.5, 0.6) is 0 Å². The standard InChI is InChI=1S/C10H16O3/c1-2-3-4-5-6-9(12)7-10(13)8-11/h10-11,13H,2-4,7-8H2,1H3/t10-/m0/s1. The molecule has 1 atom stereocenters. The molecule has 0 spiro atoms. The van der Waals surface area contributed by atoms with Gasteiger partial charge in [0.2, 0.25) is 5.78 Å².